The summed E-state index contributed by atoms with van der Waals surface area (Å²) in [4.78, 5) is 13.1. The van der Waals surface area contributed by atoms with E-state index in [-0.39, 0.29) is 11.9 Å². The van der Waals surface area contributed by atoms with Crippen molar-refractivity contribution in [3.8, 4) is 0 Å². The highest BCUT2D eigenvalue weighted by atomic mass is 32.1. The fraction of sp³-hybridized carbons (Fsp3) is 0.111. The third-order valence-electron chi connectivity index (χ3n) is 3.46. The van der Waals surface area contributed by atoms with Gasteiger partial charge in [0.1, 0.15) is 6.04 Å². The quantitative estimate of drug-likeness (QED) is 0.553. The van der Waals surface area contributed by atoms with Gasteiger partial charge in [-0.05, 0) is 29.8 Å². The molecular formula is C18H17N3OS. The second-order valence-electron chi connectivity index (χ2n) is 5.14. The maximum absolute atomic E-state index is 12.1. The van der Waals surface area contributed by atoms with Crippen LogP contribution >= 0.6 is 11.3 Å². The van der Waals surface area contributed by atoms with Crippen LogP contribution < -0.4 is 10.7 Å². The number of fused-ring (bicyclic) bond motifs is 1. The third-order valence-corrected chi connectivity index (χ3v) is 4.27. The smallest absolute Gasteiger partial charge is 0.262 e. The van der Waals surface area contributed by atoms with E-state index in [0.29, 0.717) is 0 Å². The largest absolute Gasteiger partial charge is 0.373 e. The van der Waals surface area contributed by atoms with E-state index in [0.717, 1.165) is 21.3 Å². The Morgan fingerprint density at radius 1 is 1.13 bits per heavy atom. The number of benzene rings is 2. The fourth-order valence-corrected chi connectivity index (χ4v) is 2.86. The van der Waals surface area contributed by atoms with Crippen LogP contribution in [0.15, 0.2) is 65.1 Å². The number of amides is 1. The summed E-state index contributed by atoms with van der Waals surface area (Å²) in [5.74, 6) is -0.175. The zero-order valence-electron chi connectivity index (χ0n) is 12.7. The van der Waals surface area contributed by atoms with Crippen LogP contribution in [0.2, 0.25) is 0 Å². The molecule has 2 aromatic carbocycles. The maximum Gasteiger partial charge on any atom is 0.262 e. The lowest BCUT2D eigenvalue weighted by Gasteiger charge is -2.15. The van der Waals surface area contributed by atoms with E-state index in [2.05, 4.69) is 28.0 Å². The molecule has 3 aromatic rings. The summed E-state index contributed by atoms with van der Waals surface area (Å²) >= 11 is 1.57. The van der Waals surface area contributed by atoms with E-state index in [1.54, 1.807) is 17.6 Å². The Morgan fingerprint density at radius 2 is 1.96 bits per heavy atom. The lowest BCUT2D eigenvalue weighted by atomic mass is 10.1. The number of thiophene rings is 1. The molecule has 1 atom stereocenters. The highest BCUT2D eigenvalue weighted by molar-refractivity contribution is 7.11. The van der Waals surface area contributed by atoms with Gasteiger partial charge in [0.15, 0.2) is 0 Å². The molecule has 23 heavy (non-hydrogen) atoms. The van der Waals surface area contributed by atoms with Gasteiger partial charge in [0.05, 0.1) is 6.21 Å². The number of carbonyl (C=O) groups is 1. The molecule has 0 saturated carbocycles. The minimum Gasteiger partial charge on any atom is -0.373 e. The van der Waals surface area contributed by atoms with E-state index >= 15 is 0 Å². The monoisotopic (exact) mass is 323 g/mol. The van der Waals surface area contributed by atoms with Crippen molar-refractivity contribution in [2.24, 2.45) is 5.10 Å². The molecule has 0 aliphatic heterocycles. The van der Waals surface area contributed by atoms with Crippen LogP contribution in [-0.4, -0.2) is 18.2 Å². The van der Waals surface area contributed by atoms with Gasteiger partial charge in [-0.3, -0.25) is 4.79 Å². The van der Waals surface area contributed by atoms with Gasteiger partial charge in [-0.15, -0.1) is 11.3 Å². The molecule has 1 unspecified atom stereocenters. The van der Waals surface area contributed by atoms with Gasteiger partial charge in [-0.2, -0.15) is 5.10 Å². The molecule has 0 fully saturated rings. The molecule has 1 aromatic heterocycles. The number of rotatable bonds is 5. The molecule has 3 rings (SSSR count). The average molecular weight is 323 g/mol. The van der Waals surface area contributed by atoms with E-state index < -0.39 is 0 Å². The summed E-state index contributed by atoms with van der Waals surface area (Å²) in [5.41, 5.74) is 3.50. The number of carbonyl (C=O) groups excluding carboxylic acids is 1. The Balaban J connectivity index is 1.65. The van der Waals surface area contributed by atoms with Gasteiger partial charge in [0, 0.05) is 16.0 Å². The number of nitrogens with zero attached hydrogens (tertiary/aromatic N) is 1. The molecule has 0 aliphatic rings. The lowest BCUT2D eigenvalue weighted by molar-refractivity contribution is -0.121. The predicted octanol–water partition coefficient (Wildman–Crippen LogP) is 3.85. The molecule has 0 aliphatic carbocycles. The van der Waals surface area contributed by atoms with Gasteiger partial charge < -0.3 is 5.32 Å². The van der Waals surface area contributed by atoms with Crippen molar-refractivity contribution < 1.29 is 4.79 Å². The van der Waals surface area contributed by atoms with Crippen molar-refractivity contribution in [2.75, 3.05) is 5.32 Å². The Hall–Kier alpha value is -2.66. The Kier molecular flexibility index (Phi) is 4.68. The number of nitrogens with one attached hydrogen (secondary N) is 2. The fourth-order valence-electron chi connectivity index (χ4n) is 2.27. The van der Waals surface area contributed by atoms with Crippen molar-refractivity contribution in [3.05, 3.63) is 64.9 Å². The second kappa shape index (κ2) is 7.07. The summed E-state index contributed by atoms with van der Waals surface area (Å²) < 4.78 is 0. The standard InChI is InChI=1S/C18H17N3OS/c1-13(18(22)21-19-12-15-8-5-11-23-15)20-17-10-4-7-14-6-2-3-9-16(14)17/h2-13,20H,1H3,(H,21,22). The van der Waals surface area contributed by atoms with E-state index in [9.17, 15) is 4.79 Å². The number of hydrogen-bond donors (Lipinski definition) is 2. The molecule has 0 spiro atoms. The molecule has 4 nitrogen and oxygen atoms in total. The van der Waals surface area contributed by atoms with Gasteiger partial charge in [0.25, 0.3) is 5.91 Å². The molecule has 0 saturated heterocycles. The molecule has 5 heteroatoms. The summed E-state index contributed by atoms with van der Waals surface area (Å²) in [7, 11) is 0. The zero-order chi connectivity index (χ0) is 16.1. The molecule has 2 N–H and O–H groups in total. The van der Waals surface area contributed by atoms with Crippen LogP contribution in [0.1, 0.15) is 11.8 Å². The summed E-state index contributed by atoms with van der Waals surface area (Å²) in [6.45, 7) is 1.82. The molecule has 0 radical (unpaired) electrons. The summed E-state index contributed by atoms with van der Waals surface area (Å²) in [6.07, 6.45) is 1.65. The van der Waals surface area contributed by atoms with Crippen molar-refractivity contribution in [1.82, 2.24) is 5.43 Å². The van der Waals surface area contributed by atoms with E-state index in [1.807, 2.05) is 54.8 Å². The van der Waals surface area contributed by atoms with E-state index in [4.69, 9.17) is 0 Å². The minimum absolute atomic E-state index is 0.175. The minimum atomic E-state index is -0.388. The van der Waals surface area contributed by atoms with E-state index in [1.165, 1.54) is 0 Å². The van der Waals surface area contributed by atoms with Crippen LogP contribution in [0.25, 0.3) is 10.8 Å². The number of anilines is 1. The SMILES string of the molecule is CC(Nc1cccc2ccccc12)C(=O)NN=Cc1cccs1. The summed E-state index contributed by atoms with van der Waals surface area (Å²) in [5, 5.41) is 11.4. The Bertz CT molecular complexity index is 822. The van der Waals surface area contributed by atoms with Crippen LogP contribution in [-0.2, 0) is 4.79 Å². The molecule has 1 heterocycles. The molecule has 1 amide bonds. The first kappa shape index (κ1) is 15.2. The highest BCUT2D eigenvalue weighted by Crippen LogP contribution is 2.23. The van der Waals surface area contributed by atoms with Gasteiger partial charge in [0.2, 0.25) is 0 Å². The van der Waals surface area contributed by atoms with Crippen LogP contribution in [0.4, 0.5) is 5.69 Å². The Morgan fingerprint density at radius 3 is 2.78 bits per heavy atom. The normalized spacial score (nSPS) is 12.4. The van der Waals surface area contributed by atoms with Crippen molar-refractivity contribution in [2.45, 2.75) is 13.0 Å². The highest BCUT2D eigenvalue weighted by Gasteiger charge is 2.12. The van der Waals surface area contributed by atoms with Gasteiger partial charge in [-0.1, -0.05) is 42.5 Å². The number of hydrogen-bond acceptors (Lipinski definition) is 4. The third kappa shape index (κ3) is 3.76. The van der Waals surface area contributed by atoms with Crippen molar-refractivity contribution >= 4 is 39.9 Å². The van der Waals surface area contributed by atoms with Gasteiger partial charge >= 0.3 is 0 Å². The molecule has 0 bridgehead atoms. The topological polar surface area (TPSA) is 53.5 Å². The summed E-state index contributed by atoms with van der Waals surface area (Å²) in [6, 6.07) is 17.6. The zero-order valence-corrected chi connectivity index (χ0v) is 13.5. The van der Waals surface area contributed by atoms with Crippen molar-refractivity contribution in [1.29, 1.82) is 0 Å². The van der Waals surface area contributed by atoms with Crippen LogP contribution in [0.5, 0.6) is 0 Å². The Labute approximate surface area is 138 Å². The average Bonchev–Trinajstić information content (AvgIpc) is 3.08. The number of hydrazone groups is 1. The first-order valence-corrected chi connectivity index (χ1v) is 8.23. The van der Waals surface area contributed by atoms with Crippen molar-refractivity contribution in [3.63, 3.8) is 0 Å². The lowest BCUT2D eigenvalue weighted by Crippen LogP contribution is -2.34. The van der Waals surface area contributed by atoms with Crippen LogP contribution in [0, 0.1) is 0 Å². The predicted molar refractivity (Wildman–Crippen MR) is 97.1 cm³/mol. The van der Waals surface area contributed by atoms with Gasteiger partial charge in [-0.25, -0.2) is 5.43 Å². The first-order valence-electron chi connectivity index (χ1n) is 7.35. The molecular weight excluding hydrogens is 306 g/mol. The molecule has 116 valence electrons. The first-order chi connectivity index (χ1) is 11.2. The van der Waals surface area contributed by atoms with Crippen LogP contribution in [0.3, 0.4) is 0 Å². The second-order valence-corrected chi connectivity index (χ2v) is 6.12. The maximum atomic E-state index is 12.1.